The molecule has 0 aliphatic rings. The number of phenolic OH excluding ortho intramolecular Hbond substituents is 1. The number of aromatic hydroxyl groups is 1. The molecule has 19 heavy (non-hydrogen) atoms. The Morgan fingerprint density at radius 2 is 2.26 bits per heavy atom. The molecular weight excluding hydrogens is 264 g/mol. The van der Waals surface area contributed by atoms with Gasteiger partial charge in [-0.2, -0.15) is 16.7 Å². The third-order valence-corrected chi connectivity index (χ3v) is 3.66. The van der Waals surface area contributed by atoms with E-state index in [9.17, 15) is 5.11 Å². The molecule has 1 aromatic heterocycles. The van der Waals surface area contributed by atoms with Crippen LogP contribution in [-0.2, 0) is 5.75 Å². The fraction of sp³-hybridized carbons (Fsp3) is 0.385. The summed E-state index contributed by atoms with van der Waals surface area (Å²) in [4.78, 5) is 4.27. The quantitative estimate of drug-likeness (QED) is 0.820. The number of benzene rings is 1. The second-order valence-electron chi connectivity index (χ2n) is 3.92. The third-order valence-electron chi connectivity index (χ3n) is 2.50. The Morgan fingerprint density at radius 3 is 3.00 bits per heavy atom. The monoisotopic (exact) mass is 280 g/mol. The number of para-hydroxylation sites is 1. The van der Waals surface area contributed by atoms with E-state index in [-0.39, 0.29) is 5.75 Å². The zero-order valence-corrected chi connectivity index (χ0v) is 11.7. The average Bonchev–Trinajstić information content (AvgIpc) is 2.88. The maximum atomic E-state index is 10.0. The first-order chi connectivity index (χ1) is 9.26. The summed E-state index contributed by atoms with van der Waals surface area (Å²) in [6, 6.07) is 5.16. The molecule has 0 aliphatic carbocycles. The smallest absolute Gasteiger partial charge is 0.261 e. The lowest BCUT2D eigenvalue weighted by Crippen LogP contribution is -1.87. The van der Waals surface area contributed by atoms with Gasteiger partial charge < -0.3 is 14.4 Å². The fourth-order valence-electron chi connectivity index (χ4n) is 1.59. The Morgan fingerprint density at radius 1 is 1.42 bits per heavy atom. The normalized spacial score (nSPS) is 10.6. The number of hydrogen-bond donors (Lipinski definition) is 1. The zero-order chi connectivity index (χ0) is 13.7. The molecular formula is C13H16N2O3S. The lowest BCUT2D eigenvalue weighted by Gasteiger charge is -2.04. The number of nitrogens with zero attached hydrogens (tertiary/aromatic N) is 2. The molecule has 0 saturated heterocycles. The molecule has 0 radical (unpaired) electrons. The molecule has 1 aromatic carbocycles. The topological polar surface area (TPSA) is 68.4 Å². The van der Waals surface area contributed by atoms with Gasteiger partial charge in [0.05, 0.1) is 18.4 Å². The van der Waals surface area contributed by atoms with E-state index in [2.05, 4.69) is 17.1 Å². The second kappa shape index (κ2) is 6.47. The van der Waals surface area contributed by atoms with Gasteiger partial charge in [0, 0.05) is 0 Å². The van der Waals surface area contributed by atoms with Gasteiger partial charge in [0.25, 0.3) is 5.89 Å². The van der Waals surface area contributed by atoms with Crippen molar-refractivity contribution in [1.82, 2.24) is 10.1 Å². The van der Waals surface area contributed by atoms with Crippen LogP contribution in [0.15, 0.2) is 22.7 Å². The standard InChI is InChI=1S/C13H16N2O3S/c1-3-7-19-8-11-14-13(18-15-11)9-5-4-6-10(17-2)12(9)16/h4-6,16H,3,7-8H2,1-2H3. The molecule has 0 saturated carbocycles. The van der Waals surface area contributed by atoms with Gasteiger partial charge >= 0.3 is 0 Å². The summed E-state index contributed by atoms with van der Waals surface area (Å²) < 4.78 is 10.2. The minimum atomic E-state index is 0.0152. The van der Waals surface area contributed by atoms with E-state index in [1.54, 1.807) is 30.0 Å². The highest BCUT2D eigenvalue weighted by Gasteiger charge is 2.15. The highest BCUT2D eigenvalue weighted by atomic mass is 32.2. The largest absolute Gasteiger partial charge is 0.504 e. The van der Waals surface area contributed by atoms with Crippen LogP contribution in [0.25, 0.3) is 11.5 Å². The van der Waals surface area contributed by atoms with Crippen LogP contribution >= 0.6 is 11.8 Å². The van der Waals surface area contributed by atoms with Crippen molar-refractivity contribution in [2.24, 2.45) is 0 Å². The molecule has 0 bridgehead atoms. The fourth-order valence-corrected chi connectivity index (χ4v) is 2.32. The molecule has 102 valence electrons. The Bertz CT molecular complexity index is 542. The number of rotatable bonds is 6. The number of methoxy groups -OCH3 is 1. The van der Waals surface area contributed by atoms with Crippen LogP contribution in [0.1, 0.15) is 19.2 Å². The predicted molar refractivity (Wildman–Crippen MR) is 74.4 cm³/mol. The zero-order valence-electron chi connectivity index (χ0n) is 10.9. The average molecular weight is 280 g/mol. The molecule has 0 atom stereocenters. The number of ether oxygens (including phenoxy) is 1. The minimum Gasteiger partial charge on any atom is -0.504 e. The van der Waals surface area contributed by atoms with Crippen molar-refractivity contribution in [3.05, 3.63) is 24.0 Å². The lowest BCUT2D eigenvalue weighted by atomic mass is 10.2. The lowest BCUT2D eigenvalue weighted by molar-refractivity contribution is 0.371. The van der Waals surface area contributed by atoms with Crippen LogP contribution in [0.2, 0.25) is 0 Å². The first-order valence-corrected chi connectivity index (χ1v) is 7.18. The van der Waals surface area contributed by atoms with E-state index in [0.29, 0.717) is 28.8 Å². The van der Waals surface area contributed by atoms with E-state index >= 15 is 0 Å². The van der Waals surface area contributed by atoms with Crippen LogP contribution in [0.3, 0.4) is 0 Å². The highest BCUT2D eigenvalue weighted by Crippen LogP contribution is 2.35. The minimum absolute atomic E-state index is 0.0152. The number of phenols is 1. The predicted octanol–water partition coefficient (Wildman–Crippen LogP) is 3.09. The summed E-state index contributed by atoms with van der Waals surface area (Å²) in [7, 11) is 1.50. The first-order valence-electron chi connectivity index (χ1n) is 6.03. The molecule has 0 unspecified atom stereocenters. The van der Waals surface area contributed by atoms with E-state index < -0.39 is 0 Å². The Balaban J connectivity index is 2.18. The van der Waals surface area contributed by atoms with Gasteiger partial charge in [-0.25, -0.2) is 0 Å². The number of hydrogen-bond acceptors (Lipinski definition) is 6. The Hall–Kier alpha value is -1.69. The first kappa shape index (κ1) is 13.7. The molecule has 0 fully saturated rings. The van der Waals surface area contributed by atoms with Crippen molar-refractivity contribution < 1.29 is 14.4 Å². The third kappa shape index (κ3) is 3.20. The van der Waals surface area contributed by atoms with Crippen molar-refractivity contribution in [3.8, 4) is 23.0 Å². The highest BCUT2D eigenvalue weighted by molar-refractivity contribution is 7.98. The molecule has 2 rings (SSSR count). The number of thioether (sulfide) groups is 1. The van der Waals surface area contributed by atoms with Gasteiger partial charge in [-0.1, -0.05) is 18.1 Å². The summed E-state index contributed by atoms with van der Waals surface area (Å²) >= 11 is 1.75. The van der Waals surface area contributed by atoms with Crippen LogP contribution in [-0.4, -0.2) is 28.1 Å². The molecule has 5 nitrogen and oxygen atoms in total. The maximum absolute atomic E-state index is 10.0. The molecule has 6 heteroatoms. The molecule has 0 aliphatic heterocycles. The SMILES string of the molecule is CCCSCc1noc(-c2cccc(OC)c2O)n1. The second-order valence-corrected chi connectivity index (χ2v) is 5.03. The van der Waals surface area contributed by atoms with E-state index in [0.717, 1.165) is 12.2 Å². The van der Waals surface area contributed by atoms with Crippen molar-refractivity contribution in [1.29, 1.82) is 0 Å². The van der Waals surface area contributed by atoms with E-state index in [4.69, 9.17) is 9.26 Å². The van der Waals surface area contributed by atoms with Gasteiger partial charge in [-0.05, 0) is 24.3 Å². The molecule has 0 spiro atoms. The van der Waals surface area contributed by atoms with Crippen LogP contribution in [0, 0.1) is 0 Å². The maximum Gasteiger partial charge on any atom is 0.261 e. The molecule has 1 heterocycles. The molecule has 2 aromatic rings. The van der Waals surface area contributed by atoms with Gasteiger partial charge in [0.15, 0.2) is 17.3 Å². The van der Waals surface area contributed by atoms with Crippen molar-refractivity contribution in [3.63, 3.8) is 0 Å². The van der Waals surface area contributed by atoms with Gasteiger partial charge in [0.1, 0.15) is 0 Å². The van der Waals surface area contributed by atoms with Crippen LogP contribution in [0.4, 0.5) is 0 Å². The number of aromatic nitrogens is 2. The Labute approximate surface area is 116 Å². The van der Waals surface area contributed by atoms with Crippen molar-refractivity contribution >= 4 is 11.8 Å². The summed E-state index contributed by atoms with van der Waals surface area (Å²) in [5, 5.41) is 13.9. The van der Waals surface area contributed by atoms with E-state index in [1.807, 2.05) is 0 Å². The van der Waals surface area contributed by atoms with E-state index in [1.165, 1.54) is 7.11 Å². The summed E-state index contributed by atoms with van der Waals surface area (Å²) in [6.07, 6.45) is 1.12. The molecule has 0 amide bonds. The summed E-state index contributed by atoms with van der Waals surface area (Å²) in [5.41, 5.74) is 0.485. The van der Waals surface area contributed by atoms with Crippen molar-refractivity contribution in [2.45, 2.75) is 19.1 Å². The summed E-state index contributed by atoms with van der Waals surface area (Å²) in [5.74, 6) is 3.12. The van der Waals surface area contributed by atoms with Gasteiger partial charge in [0.2, 0.25) is 0 Å². The van der Waals surface area contributed by atoms with Crippen LogP contribution < -0.4 is 4.74 Å². The molecule has 1 N–H and O–H groups in total. The van der Waals surface area contributed by atoms with Gasteiger partial charge in [-0.3, -0.25) is 0 Å². The summed E-state index contributed by atoms with van der Waals surface area (Å²) in [6.45, 7) is 2.13. The van der Waals surface area contributed by atoms with Crippen LogP contribution in [0.5, 0.6) is 11.5 Å². The van der Waals surface area contributed by atoms with Crippen molar-refractivity contribution in [2.75, 3.05) is 12.9 Å². The Kier molecular flexibility index (Phi) is 4.68. The van der Waals surface area contributed by atoms with Gasteiger partial charge in [-0.15, -0.1) is 0 Å².